The van der Waals surface area contributed by atoms with Crippen molar-refractivity contribution in [1.82, 2.24) is 9.55 Å². The Bertz CT molecular complexity index is 1120. The van der Waals surface area contributed by atoms with Crippen molar-refractivity contribution in [1.29, 1.82) is 0 Å². The van der Waals surface area contributed by atoms with Crippen LogP contribution < -0.4 is 0 Å². The zero-order valence-corrected chi connectivity index (χ0v) is 17.0. The normalized spacial score (nSPS) is 11.9. The van der Waals surface area contributed by atoms with Crippen molar-refractivity contribution in [2.75, 3.05) is 0 Å². The molecular formula is C23H20Cl2N2. The fraction of sp³-hybridized carbons (Fsp3) is 0.174. The van der Waals surface area contributed by atoms with Gasteiger partial charge in [0.25, 0.3) is 0 Å². The van der Waals surface area contributed by atoms with Crippen molar-refractivity contribution in [2.24, 2.45) is 0 Å². The summed E-state index contributed by atoms with van der Waals surface area (Å²) in [5.41, 5.74) is 6.17. The van der Waals surface area contributed by atoms with Crippen LogP contribution in [-0.4, -0.2) is 9.55 Å². The molecule has 0 amide bonds. The third-order valence-corrected chi connectivity index (χ3v) is 5.58. The molecule has 0 saturated heterocycles. The van der Waals surface area contributed by atoms with Crippen LogP contribution >= 0.6 is 23.2 Å². The van der Waals surface area contributed by atoms with Crippen molar-refractivity contribution < 1.29 is 0 Å². The summed E-state index contributed by atoms with van der Waals surface area (Å²) >= 11 is 13.0. The number of fused-ring (bicyclic) bond motifs is 1. The Morgan fingerprint density at radius 1 is 0.852 bits per heavy atom. The molecule has 0 atom stereocenters. The molecule has 0 aliphatic rings. The highest BCUT2D eigenvalue weighted by atomic mass is 35.5. The van der Waals surface area contributed by atoms with Gasteiger partial charge in [0.1, 0.15) is 6.33 Å². The number of aromatic nitrogens is 2. The molecule has 0 bridgehead atoms. The first-order valence-electron chi connectivity index (χ1n) is 8.87. The average Bonchev–Trinajstić information content (AvgIpc) is 3.06. The maximum absolute atomic E-state index is 6.58. The van der Waals surface area contributed by atoms with E-state index in [1.165, 1.54) is 5.56 Å². The molecule has 4 heteroatoms. The number of benzene rings is 3. The van der Waals surface area contributed by atoms with Gasteiger partial charge in [0.15, 0.2) is 0 Å². The van der Waals surface area contributed by atoms with E-state index in [9.17, 15) is 0 Å². The first-order valence-corrected chi connectivity index (χ1v) is 9.62. The number of imidazole rings is 1. The molecule has 3 aromatic carbocycles. The lowest BCUT2D eigenvalue weighted by molar-refractivity contribution is 0.590. The van der Waals surface area contributed by atoms with Crippen LogP contribution in [0.5, 0.6) is 0 Å². The van der Waals surface area contributed by atoms with Crippen LogP contribution in [0.15, 0.2) is 67.0 Å². The molecular weight excluding hydrogens is 375 g/mol. The quantitative estimate of drug-likeness (QED) is 0.348. The first-order chi connectivity index (χ1) is 12.8. The molecule has 136 valence electrons. The number of hydrogen-bond donors (Lipinski definition) is 0. The molecule has 27 heavy (non-hydrogen) atoms. The second-order valence-electron chi connectivity index (χ2n) is 7.73. The monoisotopic (exact) mass is 394 g/mol. The zero-order valence-electron chi connectivity index (χ0n) is 15.5. The van der Waals surface area contributed by atoms with Crippen LogP contribution in [-0.2, 0) is 5.41 Å². The van der Waals surface area contributed by atoms with Gasteiger partial charge < -0.3 is 0 Å². The van der Waals surface area contributed by atoms with Crippen LogP contribution in [0.1, 0.15) is 26.3 Å². The standard InChI is InChI=1S/C23H20Cl2N2/c1-23(2,3)17-12-18(24)22(25)21(13-17)27-14-26-19-10-9-16(11-20(19)27)15-7-5-4-6-8-15/h4-14H,1-3H3. The highest BCUT2D eigenvalue weighted by molar-refractivity contribution is 6.43. The van der Waals surface area contributed by atoms with Gasteiger partial charge in [0.05, 0.1) is 26.8 Å². The molecule has 1 heterocycles. The van der Waals surface area contributed by atoms with Crippen molar-refractivity contribution in [3.05, 3.63) is 82.6 Å². The fourth-order valence-corrected chi connectivity index (χ4v) is 3.61. The van der Waals surface area contributed by atoms with Gasteiger partial charge in [-0.3, -0.25) is 4.57 Å². The predicted octanol–water partition coefficient (Wildman–Crippen LogP) is 7.30. The Morgan fingerprint density at radius 2 is 1.59 bits per heavy atom. The van der Waals surface area contributed by atoms with Crippen LogP contribution in [0, 0.1) is 0 Å². The highest BCUT2D eigenvalue weighted by Crippen LogP contribution is 2.36. The number of hydrogen-bond acceptors (Lipinski definition) is 1. The Hall–Kier alpha value is -2.29. The minimum atomic E-state index is -0.0332. The SMILES string of the molecule is CC(C)(C)c1cc(Cl)c(Cl)c(-n2cnc3ccc(-c4ccccc4)cc32)c1. The molecule has 4 rings (SSSR count). The third kappa shape index (κ3) is 3.36. The largest absolute Gasteiger partial charge is 0.297 e. The van der Waals surface area contributed by atoms with Gasteiger partial charge in [-0.15, -0.1) is 0 Å². The molecule has 2 nitrogen and oxygen atoms in total. The lowest BCUT2D eigenvalue weighted by Crippen LogP contribution is -2.12. The Kier molecular flexibility index (Phi) is 4.49. The maximum Gasteiger partial charge on any atom is 0.100 e. The number of rotatable bonds is 2. The Morgan fingerprint density at radius 3 is 2.30 bits per heavy atom. The lowest BCUT2D eigenvalue weighted by atomic mass is 9.87. The summed E-state index contributed by atoms with van der Waals surface area (Å²) in [4.78, 5) is 4.55. The lowest BCUT2D eigenvalue weighted by Gasteiger charge is -2.21. The van der Waals surface area contributed by atoms with Gasteiger partial charge in [-0.2, -0.15) is 0 Å². The molecule has 0 N–H and O–H groups in total. The summed E-state index contributed by atoms with van der Waals surface area (Å²) in [6.45, 7) is 6.49. The summed E-state index contributed by atoms with van der Waals surface area (Å²) in [7, 11) is 0. The van der Waals surface area contributed by atoms with E-state index in [-0.39, 0.29) is 5.41 Å². The fourth-order valence-electron chi connectivity index (χ4n) is 3.19. The van der Waals surface area contributed by atoms with E-state index in [4.69, 9.17) is 23.2 Å². The molecule has 0 radical (unpaired) electrons. The van der Waals surface area contributed by atoms with E-state index in [1.54, 1.807) is 0 Å². The van der Waals surface area contributed by atoms with E-state index in [1.807, 2.05) is 41.2 Å². The van der Waals surface area contributed by atoms with Crippen molar-refractivity contribution in [3.63, 3.8) is 0 Å². The maximum atomic E-state index is 6.58. The molecule has 1 aromatic heterocycles. The van der Waals surface area contributed by atoms with Gasteiger partial charge in [0, 0.05) is 0 Å². The van der Waals surface area contributed by atoms with Crippen molar-refractivity contribution >= 4 is 34.2 Å². The van der Waals surface area contributed by atoms with Gasteiger partial charge >= 0.3 is 0 Å². The second kappa shape index (κ2) is 6.70. The van der Waals surface area contributed by atoms with Gasteiger partial charge in [-0.1, -0.05) is 80.4 Å². The van der Waals surface area contributed by atoms with E-state index < -0.39 is 0 Å². The van der Waals surface area contributed by atoms with Crippen LogP contribution in [0.4, 0.5) is 0 Å². The first kappa shape index (κ1) is 18.1. The minimum Gasteiger partial charge on any atom is -0.297 e. The van der Waals surface area contributed by atoms with E-state index in [2.05, 4.69) is 56.1 Å². The highest BCUT2D eigenvalue weighted by Gasteiger charge is 2.19. The zero-order chi connectivity index (χ0) is 19.2. The van der Waals surface area contributed by atoms with Crippen molar-refractivity contribution in [2.45, 2.75) is 26.2 Å². The van der Waals surface area contributed by atoms with E-state index in [0.29, 0.717) is 10.0 Å². The molecule has 0 aliphatic heterocycles. The van der Waals surface area contributed by atoms with Gasteiger partial charge in [-0.05, 0) is 46.4 Å². The smallest absolute Gasteiger partial charge is 0.100 e. The topological polar surface area (TPSA) is 17.8 Å². The molecule has 4 aromatic rings. The Balaban J connectivity index is 1.94. The number of nitrogens with zero attached hydrogens (tertiary/aromatic N) is 2. The minimum absolute atomic E-state index is 0.0332. The summed E-state index contributed by atoms with van der Waals surface area (Å²) in [5.74, 6) is 0. The summed E-state index contributed by atoms with van der Waals surface area (Å²) in [6, 6.07) is 20.6. The van der Waals surface area contributed by atoms with E-state index in [0.717, 1.165) is 27.8 Å². The molecule has 0 saturated carbocycles. The Labute approximate surface area is 169 Å². The molecule has 0 aliphatic carbocycles. The molecule has 0 unspecified atom stereocenters. The molecule has 0 spiro atoms. The van der Waals surface area contributed by atoms with Crippen LogP contribution in [0.25, 0.3) is 27.8 Å². The third-order valence-electron chi connectivity index (χ3n) is 4.79. The van der Waals surface area contributed by atoms with Gasteiger partial charge in [0.2, 0.25) is 0 Å². The van der Waals surface area contributed by atoms with Crippen LogP contribution in [0.3, 0.4) is 0 Å². The van der Waals surface area contributed by atoms with Crippen LogP contribution in [0.2, 0.25) is 10.0 Å². The van der Waals surface area contributed by atoms with Crippen molar-refractivity contribution in [3.8, 4) is 16.8 Å². The molecule has 0 fully saturated rings. The predicted molar refractivity (Wildman–Crippen MR) is 115 cm³/mol. The summed E-state index contributed by atoms with van der Waals surface area (Å²) < 4.78 is 2.02. The average molecular weight is 395 g/mol. The number of halogens is 2. The second-order valence-corrected chi connectivity index (χ2v) is 8.51. The van der Waals surface area contributed by atoms with E-state index >= 15 is 0 Å². The summed E-state index contributed by atoms with van der Waals surface area (Å²) in [5, 5.41) is 1.09. The summed E-state index contributed by atoms with van der Waals surface area (Å²) in [6.07, 6.45) is 1.81. The van der Waals surface area contributed by atoms with Gasteiger partial charge in [-0.25, -0.2) is 4.98 Å².